The molecule has 8 nitrogen and oxygen atoms in total. The van der Waals surface area contributed by atoms with E-state index < -0.39 is 18.2 Å². The Bertz CT molecular complexity index is 1820. The topological polar surface area (TPSA) is 91.4 Å². The van der Waals surface area contributed by atoms with Crippen molar-refractivity contribution in [3.05, 3.63) is 104 Å². The summed E-state index contributed by atoms with van der Waals surface area (Å²) in [6.45, 7) is 11.6. The third-order valence-electron chi connectivity index (χ3n) is 9.41. The van der Waals surface area contributed by atoms with E-state index in [1.807, 2.05) is 18.2 Å². The number of hydrogen-bond donors (Lipinski definition) is 0. The lowest BCUT2D eigenvalue weighted by Crippen LogP contribution is -2.39. The Labute approximate surface area is 317 Å². The molecule has 1 atom stereocenters. The van der Waals surface area contributed by atoms with E-state index in [4.69, 9.17) is 18.9 Å². The van der Waals surface area contributed by atoms with Crippen molar-refractivity contribution in [3.63, 3.8) is 0 Å². The van der Waals surface area contributed by atoms with Crippen molar-refractivity contribution in [2.24, 2.45) is 0 Å². The summed E-state index contributed by atoms with van der Waals surface area (Å²) in [5.74, 6) is -1.16. The maximum atomic E-state index is 12.7. The van der Waals surface area contributed by atoms with Gasteiger partial charge in [0.2, 0.25) is 6.29 Å². The number of unbranched alkanes of at least 4 members (excludes halogenated alkanes) is 5. The Hall–Kier alpha value is -4.73. The maximum absolute atomic E-state index is 12.7. The quantitative estimate of drug-likeness (QED) is 0.0291. The minimum atomic E-state index is -0.514. The van der Waals surface area contributed by atoms with Gasteiger partial charge in [0, 0.05) is 47.1 Å². The van der Waals surface area contributed by atoms with Crippen LogP contribution in [0.1, 0.15) is 81.5 Å². The SMILES string of the molecule is C=CC(=O)OCCCCCCOC(=O)c1ccc2cc(-c3ccc(-c4ccc(N5CCC(OC(CCCCC)OC(=O)C=C)CC5)cc4)s3)ccc2c1. The lowest BCUT2D eigenvalue weighted by Gasteiger charge is -2.35. The summed E-state index contributed by atoms with van der Waals surface area (Å²) < 4.78 is 22.2. The lowest BCUT2D eigenvalue weighted by atomic mass is 10.0. The van der Waals surface area contributed by atoms with Crippen LogP contribution in [0.4, 0.5) is 5.69 Å². The Balaban J connectivity index is 1.09. The number of hydrogen-bond acceptors (Lipinski definition) is 9. The standard InChI is InChI=1S/C44H51NO7S/c1-4-7-10-13-43(52-42(47)6-3)51-38-24-26-45(27-25-38)37-20-18-32(19-21-37)39-22-23-40(53-39)35-16-14-34-31-36(17-15-33(34)30-35)44(48)50-29-12-9-8-11-28-49-41(46)5-2/h5-6,14-23,30-31,38,43H,2-4,7-13,24-29H2,1H3. The van der Waals surface area contributed by atoms with Crippen molar-refractivity contribution in [2.45, 2.75) is 83.5 Å². The molecular formula is C44H51NO7S. The average Bonchev–Trinajstić information content (AvgIpc) is 3.69. The zero-order valence-electron chi connectivity index (χ0n) is 30.8. The van der Waals surface area contributed by atoms with Gasteiger partial charge in [-0.2, -0.15) is 0 Å². The number of esters is 3. The van der Waals surface area contributed by atoms with Gasteiger partial charge < -0.3 is 23.8 Å². The van der Waals surface area contributed by atoms with Crippen molar-refractivity contribution >= 4 is 45.7 Å². The molecule has 1 fully saturated rings. The molecule has 3 aromatic carbocycles. The fourth-order valence-electron chi connectivity index (χ4n) is 6.41. The summed E-state index contributed by atoms with van der Waals surface area (Å²) in [6.07, 6.45) is 10.9. The second-order valence-corrected chi connectivity index (χ2v) is 14.4. The van der Waals surface area contributed by atoms with E-state index in [0.717, 1.165) is 93.3 Å². The molecule has 1 saturated heterocycles. The van der Waals surface area contributed by atoms with Crippen LogP contribution >= 0.6 is 11.3 Å². The molecule has 0 amide bonds. The van der Waals surface area contributed by atoms with Crippen LogP contribution in [-0.2, 0) is 28.5 Å². The summed E-state index contributed by atoms with van der Waals surface area (Å²) in [5.41, 5.74) is 4.05. The number of carbonyl (C=O) groups excluding carboxylic acids is 3. The van der Waals surface area contributed by atoms with Crippen LogP contribution in [0.3, 0.4) is 0 Å². The van der Waals surface area contributed by atoms with Crippen LogP contribution in [0, 0.1) is 0 Å². The van der Waals surface area contributed by atoms with Crippen molar-refractivity contribution in [1.82, 2.24) is 0 Å². The first-order valence-corrected chi connectivity index (χ1v) is 19.6. The predicted octanol–water partition coefficient (Wildman–Crippen LogP) is 10.3. The van der Waals surface area contributed by atoms with E-state index in [1.165, 1.54) is 27.1 Å². The van der Waals surface area contributed by atoms with Gasteiger partial charge in [-0.05, 0) is 109 Å². The number of thiophene rings is 1. The van der Waals surface area contributed by atoms with Gasteiger partial charge in [0.05, 0.1) is 24.9 Å². The van der Waals surface area contributed by atoms with E-state index in [-0.39, 0.29) is 12.1 Å². The second kappa shape index (κ2) is 20.5. The van der Waals surface area contributed by atoms with Crippen molar-refractivity contribution in [2.75, 3.05) is 31.2 Å². The van der Waals surface area contributed by atoms with Gasteiger partial charge in [0.25, 0.3) is 0 Å². The summed E-state index contributed by atoms with van der Waals surface area (Å²) in [7, 11) is 0. The number of rotatable bonds is 20. The Kier molecular flexibility index (Phi) is 15.3. The van der Waals surface area contributed by atoms with Crippen molar-refractivity contribution < 1.29 is 33.3 Å². The molecule has 2 heterocycles. The molecule has 4 aromatic rings. The molecule has 1 aliphatic heterocycles. The summed E-state index contributed by atoms with van der Waals surface area (Å²) >= 11 is 1.76. The average molecular weight is 738 g/mol. The highest BCUT2D eigenvalue weighted by molar-refractivity contribution is 7.18. The Morgan fingerprint density at radius 1 is 0.755 bits per heavy atom. The van der Waals surface area contributed by atoms with Gasteiger partial charge >= 0.3 is 17.9 Å². The van der Waals surface area contributed by atoms with E-state index in [2.05, 4.69) is 79.6 Å². The molecule has 53 heavy (non-hydrogen) atoms. The molecule has 0 N–H and O–H groups in total. The van der Waals surface area contributed by atoms with Crippen LogP contribution < -0.4 is 4.90 Å². The largest absolute Gasteiger partial charge is 0.463 e. The molecule has 5 rings (SSSR count). The number of nitrogens with zero attached hydrogens (tertiary/aromatic N) is 1. The third kappa shape index (κ3) is 11.9. The zero-order chi connectivity index (χ0) is 37.4. The van der Waals surface area contributed by atoms with Gasteiger partial charge in [-0.15, -0.1) is 11.3 Å². The molecule has 0 bridgehead atoms. The summed E-state index contributed by atoms with van der Waals surface area (Å²) in [6, 6.07) is 25.1. The smallest absolute Gasteiger partial charge is 0.338 e. The molecule has 0 aliphatic carbocycles. The minimum absolute atomic E-state index is 0.0640. The zero-order valence-corrected chi connectivity index (χ0v) is 31.6. The monoisotopic (exact) mass is 737 g/mol. The van der Waals surface area contributed by atoms with E-state index in [0.29, 0.717) is 25.2 Å². The highest BCUT2D eigenvalue weighted by Gasteiger charge is 2.25. The molecular weight excluding hydrogens is 687 g/mol. The highest BCUT2D eigenvalue weighted by Crippen LogP contribution is 2.37. The van der Waals surface area contributed by atoms with E-state index >= 15 is 0 Å². The van der Waals surface area contributed by atoms with Crippen LogP contribution in [0.5, 0.6) is 0 Å². The van der Waals surface area contributed by atoms with Crippen molar-refractivity contribution in [3.8, 4) is 20.9 Å². The van der Waals surface area contributed by atoms with Crippen LogP contribution in [0.25, 0.3) is 31.7 Å². The number of ether oxygens (including phenoxy) is 4. The number of fused-ring (bicyclic) bond motifs is 1. The summed E-state index contributed by atoms with van der Waals surface area (Å²) in [4.78, 5) is 40.4. The molecule has 9 heteroatoms. The third-order valence-corrected chi connectivity index (χ3v) is 10.6. The van der Waals surface area contributed by atoms with Gasteiger partial charge in [0.15, 0.2) is 0 Å². The van der Waals surface area contributed by atoms with Crippen LogP contribution in [0.2, 0.25) is 0 Å². The summed E-state index contributed by atoms with van der Waals surface area (Å²) in [5, 5.41) is 2.05. The van der Waals surface area contributed by atoms with Gasteiger partial charge in [-0.1, -0.05) is 63.3 Å². The molecule has 0 spiro atoms. The number of piperidine rings is 1. The van der Waals surface area contributed by atoms with Gasteiger partial charge in [-0.25, -0.2) is 14.4 Å². The molecule has 1 unspecified atom stereocenters. The second-order valence-electron chi connectivity index (χ2n) is 13.3. The normalized spacial score (nSPS) is 13.7. The first kappa shape index (κ1) is 39.5. The first-order chi connectivity index (χ1) is 25.9. The van der Waals surface area contributed by atoms with Crippen molar-refractivity contribution in [1.29, 1.82) is 0 Å². The molecule has 280 valence electrons. The predicted molar refractivity (Wildman–Crippen MR) is 213 cm³/mol. The molecule has 0 saturated carbocycles. The Morgan fingerprint density at radius 2 is 1.40 bits per heavy atom. The van der Waals surface area contributed by atoms with E-state index in [9.17, 15) is 14.4 Å². The first-order valence-electron chi connectivity index (χ1n) is 18.8. The lowest BCUT2D eigenvalue weighted by molar-refractivity contribution is -0.188. The minimum Gasteiger partial charge on any atom is -0.463 e. The van der Waals surface area contributed by atoms with Gasteiger partial charge in [0.1, 0.15) is 0 Å². The Morgan fingerprint density at radius 3 is 2.09 bits per heavy atom. The van der Waals surface area contributed by atoms with Crippen LogP contribution in [0.15, 0.2) is 98.1 Å². The van der Waals surface area contributed by atoms with Crippen LogP contribution in [-0.4, -0.2) is 56.6 Å². The fourth-order valence-corrected chi connectivity index (χ4v) is 7.41. The van der Waals surface area contributed by atoms with Gasteiger partial charge in [-0.3, -0.25) is 0 Å². The maximum Gasteiger partial charge on any atom is 0.338 e. The number of anilines is 1. The highest BCUT2D eigenvalue weighted by atomic mass is 32.1. The molecule has 1 aliphatic rings. The number of benzene rings is 3. The van der Waals surface area contributed by atoms with E-state index in [1.54, 1.807) is 11.3 Å². The fraction of sp³-hybridized carbons (Fsp3) is 0.386. The molecule has 0 radical (unpaired) electrons. The number of carbonyl (C=O) groups is 3. The molecule has 1 aromatic heterocycles.